The van der Waals surface area contributed by atoms with Gasteiger partial charge in [-0.05, 0) is 37.0 Å². The largest absolute Gasteiger partial charge is 0.356 e. The summed E-state index contributed by atoms with van der Waals surface area (Å²) in [5, 5.41) is 6.36. The Hall–Kier alpha value is -2.51. The number of hydrogen-bond donors (Lipinski definition) is 1. The predicted molar refractivity (Wildman–Crippen MR) is 85.0 cm³/mol. The summed E-state index contributed by atoms with van der Waals surface area (Å²) in [5.41, 5.74) is 0.00712. The first-order valence-corrected chi connectivity index (χ1v) is 7.91. The van der Waals surface area contributed by atoms with Gasteiger partial charge in [-0.15, -0.1) is 0 Å². The first-order valence-electron chi connectivity index (χ1n) is 7.91. The number of aromatic nitrogens is 3. The summed E-state index contributed by atoms with van der Waals surface area (Å²) >= 11 is 0. The molecule has 0 aromatic carbocycles. The molecule has 2 aromatic rings. The van der Waals surface area contributed by atoms with Crippen LogP contribution in [0, 0.1) is 5.92 Å². The number of rotatable bonds is 5. The maximum absolute atomic E-state index is 12.5. The van der Waals surface area contributed by atoms with Crippen molar-refractivity contribution < 1.29 is 13.6 Å². The van der Waals surface area contributed by atoms with Gasteiger partial charge in [0.2, 0.25) is 0 Å². The molecule has 3 heterocycles. The Morgan fingerprint density at radius 2 is 2.25 bits per heavy atom. The molecule has 1 amide bonds. The minimum atomic E-state index is -2.74. The van der Waals surface area contributed by atoms with Gasteiger partial charge >= 0.3 is 6.55 Å². The van der Waals surface area contributed by atoms with Crippen LogP contribution in [0.25, 0.3) is 0 Å². The van der Waals surface area contributed by atoms with Gasteiger partial charge < -0.3 is 10.2 Å². The van der Waals surface area contributed by atoms with Crippen molar-refractivity contribution >= 4 is 11.7 Å². The molecule has 24 heavy (non-hydrogen) atoms. The van der Waals surface area contributed by atoms with Gasteiger partial charge in [-0.1, -0.05) is 6.07 Å². The van der Waals surface area contributed by atoms with Crippen LogP contribution >= 0.6 is 0 Å². The molecule has 0 unspecified atom stereocenters. The Bertz CT molecular complexity index is 676. The van der Waals surface area contributed by atoms with Crippen LogP contribution in [-0.4, -0.2) is 40.3 Å². The van der Waals surface area contributed by atoms with Crippen LogP contribution in [0.2, 0.25) is 0 Å². The Morgan fingerprint density at radius 1 is 1.38 bits per heavy atom. The van der Waals surface area contributed by atoms with E-state index in [1.807, 2.05) is 18.2 Å². The lowest BCUT2D eigenvalue weighted by atomic mass is 9.98. The zero-order valence-corrected chi connectivity index (χ0v) is 13.1. The first kappa shape index (κ1) is 16.4. The van der Waals surface area contributed by atoms with Gasteiger partial charge in [0.05, 0.1) is 0 Å². The number of anilines is 1. The van der Waals surface area contributed by atoms with E-state index in [1.54, 1.807) is 6.20 Å². The van der Waals surface area contributed by atoms with Crippen molar-refractivity contribution in [1.29, 1.82) is 0 Å². The van der Waals surface area contributed by atoms with Crippen molar-refractivity contribution in [3.8, 4) is 0 Å². The highest BCUT2D eigenvalue weighted by Crippen LogP contribution is 2.20. The third-order valence-corrected chi connectivity index (χ3v) is 4.08. The fraction of sp³-hybridized carbons (Fsp3) is 0.438. The molecule has 1 N–H and O–H groups in total. The summed E-state index contributed by atoms with van der Waals surface area (Å²) in [4.78, 5) is 18.6. The van der Waals surface area contributed by atoms with Crippen LogP contribution in [0.1, 0.15) is 29.9 Å². The summed E-state index contributed by atoms with van der Waals surface area (Å²) in [6.07, 6.45) is 4.90. The highest BCUT2D eigenvalue weighted by Gasteiger charge is 2.22. The monoisotopic (exact) mass is 335 g/mol. The number of carbonyl (C=O) groups excluding carboxylic acids is 1. The number of nitrogens with zero attached hydrogens (tertiary/aromatic N) is 4. The Kier molecular flexibility index (Phi) is 5.02. The van der Waals surface area contributed by atoms with E-state index >= 15 is 0 Å². The molecule has 1 atom stereocenters. The number of nitrogens with one attached hydrogen (secondary N) is 1. The van der Waals surface area contributed by atoms with Crippen molar-refractivity contribution in [3.05, 3.63) is 42.4 Å². The van der Waals surface area contributed by atoms with Gasteiger partial charge in [-0.25, -0.2) is 9.67 Å². The molecule has 1 aliphatic heterocycles. The summed E-state index contributed by atoms with van der Waals surface area (Å²) < 4.78 is 25.4. The van der Waals surface area contributed by atoms with Crippen molar-refractivity contribution in [3.63, 3.8) is 0 Å². The molecule has 8 heteroatoms. The highest BCUT2D eigenvalue weighted by atomic mass is 19.3. The number of halogens is 2. The quantitative estimate of drug-likeness (QED) is 0.911. The molecule has 0 bridgehead atoms. The molecular weight excluding hydrogens is 316 g/mol. The Balaban J connectivity index is 1.53. The van der Waals surface area contributed by atoms with E-state index in [0.717, 1.165) is 37.9 Å². The van der Waals surface area contributed by atoms with Gasteiger partial charge in [-0.2, -0.15) is 13.9 Å². The van der Waals surface area contributed by atoms with E-state index in [4.69, 9.17) is 0 Å². The van der Waals surface area contributed by atoms with Gasteiger partial charge in [0.15, 0.2) is 0 Å². The van der Waals surface area contributed by atoms with Crippen LogP contribution in [0.4, 0.5) is 14.6 Å². The second-order valence-electron chi connectivity index (χ2n) is 5.81. The van der Waals surface area contributed by atoms with Gasteiger partial charge in [0.1, 0.15) is 11.5 Å². The first-order chi connectivity index (χ1) is 11.6. The Labute approximate surface area is 138 Å². The van der Waals surface area contributed by atoms with Gasteiger partial charge in [0.25, 0.3) is 5.91 Å². The fourth-order valence-corrected chi connectivity index (χ4v) is 2.88. The number of hydrogen-bond acceptors (Lipinski definition) is 4. The highest BCUT2D eigenvalue weighted by molar-refractivity contribution is 5.92. The van der Waals surface area contributed by atoms with Crippen molar-refractivity contribution in [2.45, 2.75) is 19.4 Å². The summed E-state index contributed by atoms with van der Waals surface area (Å²) in [7, 11) is 0. The number of carbonyl (C=O) groups is 1. The molecule has 128 valence electrons. The van der Waals surface area contributed by atoms with Crippen molar-refractivity contribution in [1.82, 2.24) is 20.1 Å². The van der Waals surface area contributed by atoms with Crippen molar-refractivity contribution in [2.24, 2.45) is 5.92 Å². The normalized spacial score (nSPS) is 18.0. The molecule has 1 fully saturated rings. The number of alkyl halides is 2. The van der Waals surface area contributed by atoms with E-state index in [2.05, 4.69) is 20.3 Å². The molecule has 0 aliphatic carbocycles. The number of amides is 1. The van der Waals surface area contributed by atoms with Crippen LogP contribution in [0.5, 0.6) is 0 Å². The van der Waals surface area contributed by atoms with Crippen LogP contribution in [0.15, 0.2) is 36.7 Å². The zero-order valence-electron chi connectivity index (χ0n) is 13.1. The second kappa shape index (κ2) is 7.37. The SMILES string of the molecule is O=C(NC[C@H]1CCCN(c2ccccn2)C1)c1ccn(C(F)F)n1. The van der Waals surface area contributed by atoms with Gasteiger partial charge in [-0.3, -0.25) is 4.79 Å². The molecule has 3 rings (SSSR count). The third-order valence-electron chi connectivity index (χ3n) is 4.08. The Morgan fingerprint density at radius 3 is 2.96 bits per heavy atom. The fourth-order valence-electron chi connectivity index (χ4n) is 2.88. The van der Waals surface area contributed by atoms with Gasteiger partial charge in [0, 0.05) is 32.0 Å². The molecular formula is C16H19F2N5O. The van der Waals surface area contributed by atoms with E-state index in [1.165, 1.54) is 6.07 Å². The molecule has 0 saturated carbocycles. The lowest BCUT2D eigenvalue weighted by Crippen LogP contribution is -2.41. The molecule has 2 aromatic heterocycles. The second-order valence-corrected chi connectivity index (χ2v) is 5.81. The lowest BCUT2D eigenvalue weighted by Gasteiger charge is -2.33. The smallest absolute Gasteiger partial charge is 0.333 e. The molecule has 1 aliphatic rings. The van der Waals surface area contributed by atoms with Crippen LogP contribution in [0.3, 0.4) is 0 Å². The predicted octanol–water partition coefficient (Wildman–Crippen LogP) is 2.32. The van der Waals surface area contributed by atoms with Crippen molar-refractivity contribution in [2.75, 3.05) is 24.5 Å². The van der Waals surface area contributed by atoms with E-state index in [-0.39, 0.29) is 5.69 Å². The number of piperidine rings is 1. The average molecular weight is 335 g/mol. The summed E-state index contributed by atoms with van der Waals surface area (Å²) in [6.45, 7) is -0.496. The summed E-state index contributed by atoms with van der Waals surface area (Å²) in [5.74, 6) is 0.801. The maximum Gasteiger partial charge on any atom is 0.333 e. The van der Waals surface area contributed by atoms with Crippen LogP contribution < -0.4 is 10.2 Å². The molecule has 0 radical (unpaired) electrons. The lowest BCUT2D eigenvalue weighted by molar-refractivity contribution is 0.0559. The molecule has 1 saturated heterocycles. The molecule has 6 nitrogen and oxygen atoms in total. The minimum absolute atomic E-state index is 0.00712. The molecule has 0 spiro atoms. The number of pyridine rings is 1. The maximum atomic E-state index is 12.5. The van der Waals surface area contributed by atoms with E-state index in [0.29, 0.717) is 17.1 Å². The average Bonchev–Trinajstić information content (AvgIpc) is 3.11. The zero-order chi connectivity index (χ0) is 16.9. The minimum Gasteiger partial charge on any atom is -0.356 e. The third kappa shape index (κ3) is 3.87. The summed E-state index contributed by atoms with van der Waals surface area (Å²) in [6, 6.07) is 7.09. The topological polar surface area (TPSA) is 63.1 Å². The standard InChI is InChI=1S/C16H19F2N5O/c17-16(18)23-9-6-13(21-23)15(24)20-10-12-4-3-8-22(11-12)14-5-1-2-7-19-14/h1-2,5-7,9,12,16H,3-4,8,10-11H2,(H,20,24)/t12-/m1/s1. The van der Waals surface area contributed by atoms with E-state index < -0.39 is 12.5 Å². The van der Waals surface area contributed by atoms with E-state index in [9.17, 15) is 13.6 Å². The van der Waals surface area contributed by atoms with Crippen LogP contribution in [-0.2, 0) is 0 Å².